The maximum Gasteiger partial charge on any atom is 0.407 e. The quantitative estimate of drug-likeness (QED) is 0.419. The van der Waals surface area contributed by atoms with Gasteiger partial charge >= 0.3 is 12.1 Å². The second-order valence-electron chi connectivity index (χ2n) is 8.99. The number of carbonyl (C=O) groups is 3. The van der Waals surface area contributed by atoms with Crippen molar-refractivity contribution >= 4 is 29.3 Å². The highest BCUT2D eigenvalue weighted by Crippen LogP contribution is 2.44. The number of rotatable bonds is 9. The van der Waals surface area contributed by atoms with Crippen molar-refractivity contribution in [1.29, 1.82) is 0 Å². The Labute approximate surface area is 206 Å². The largest absolute Gasteiger partial charge is 0.481 e. The third-order valence-corrected chi connectivity index (χ3v) is 7.33. The average Bonchev–Trinajstić information content (AvgIpc) is 3.30. The number of thiazole rings is 1. The summed E-state index contributed by atoms with van der Waals surface area (Å²) in [7, 11) is 0. The van der Waals surface area contributed by atoms with Crippen LogP contribution >= 0.6 is 11.3 Å². The summed E-state index contributed by atoms with van der Waals surface area (Å²) in [6, 6.07) is 16.3. The van der Waals surface area contributed by atoms with Gasteiger partial charge in [0.1, 0.15) is 11.6 Å². The summed E-state index contributed by atoms with van der Waals surface area (Å²) in [4.78, 5) is 40.1. The van der Waals surface area contributed by atoms with Crippen LogP contribution in [0.3, 0.4) is 0 Å². The molecule has 0 atom stereocenters. The first-order valence-electron chi connectivity index (χ1n) is 11.5. The second kappa shape index (κ2) is 9.50. The third kappa shape index (κ3) is 5.19. The van der Waals surface area contributed by atoms with Crippen LogP contribution in [0.2, 0.25) is 0 Å². The van der Waals surface area contributed by atoms with E-state index in [2.05, 4.69) is 39.9 Å². The molecular formula is C26H25N3O5S. The zero-order chi connectivity index (χ0) is 24.4. The highest BCUT2D eigenvalue weighted by Gasteiger charge is 2.46. The second-order valence-corrected chi connectivity index (χ2v) is 9.93. The van der Waals surface area contributed by atoms with Crippen LogP contribution in [0, 0.1) is 0 Å². The summed E-state index contributed by atoms with van der Waals surface area (Å²) in [5.41, 5.74) is 4.53. The topological polar surface area (TPSA) is 118 Å². The van der Waals surface area contributed by atoms with Crippen molar-refractivity contribution in [2.45, 2.75) is 43.7 Å². The summed E-state index contributed by atoms with van der Waals surface area (Å²) in [5, 5.41) is 16.9. The number of alkyl carbamates (subject to hydrolysis) is 1. The zero-order valence-electron chi connectivity index (χ0n) is 19.0. The van der Waals surface area contributed by atoms with Crippen molar-refractivity contribution in [2.75, 3.05) is 6.61 Å². The van der Waals surface area contributed by atoms with Gasteiger partial charge in [0.05, 0.1) is 24.2 Å². The number of ether oxygens (including phenoxy) is 1. The lowest BCUT2D eigenvalue weighted by Crippen LogP contribution is -2.41. The molecular weight excluding hydrogens is 466 g/mol. The van der Waals surface area contributed by atoms with Gasteiger partial charge in [-0.05, 0) is 35.1 Å². The summed E-state index contributed by atoms with van der Waals surface area (Å²) >= 11 is 1.31. The van der Waals surface area contributed by atoms with Gasteiger partial charge in [-0.25, -0.2) is 9.78 Å². The van der Waals surface area contributed by atoms with E-state index in [-0.39, 0.29) is 37.8 Å². The first-order valence-corrected chi connectivity index (χ1v) is 12.4. The van der Waals surface area contributed by atoms with Crippen LogP contribution in [0.15, 0.2) is 53.9 Å². The Hall–Kier alpha value is -3.72. The van der Waals surface area contributed by atoms with Gasteiger partial charge in [-0.15, -0.1) is 11.3 Å². The van der Waals surface area contributed by atoms with E-state index in [4.69, 9.17) is 9.84 Å². The van der Waals surface area contributed by atoms with Gasteiger partial charge < -0.3 is 20.5 Å². The molecule has 2 aliphatic carbocycles. The third-order valence-electron chi connectivity index (χ3n) is 6.43. The Morgan fingerprint density at radius 1 is 1.06 bits per heavy atom. The minimum Gasteiger partial charge on any atom is -0.481 e. The highest BCUT2D eigenvalue weighted by atomic mass is 32.1. The van der Waals surface area contributed by atoms with Gasteiger partial charge in [0.15, 0.2) is 0 Å². The van der Waals surface area contributed by atoms with E-state index >= 15 is 0 Å². The molecule has 2 amide bonds. The van der Waals surface area contributed by atoms with E-state index < -0.39 is 17.6 Å². The molecule has 0 saturated heterocycles. The smallest absolute Gasteiger partial charge is 0.407 e. The molecule has 180 valence electrons. The van der Waals surface area contributed by atoms with Crippen LogP contribution in [-0.2, 0) is 27.3 Å². The average molecular weight is 492 g/mol. The standard InChI is InChI=1S/C26H25N3O5S/c30-22(27-13-23-28-16(15-35-23)11-24(31)32)12-26(9-10-26)29-25(33)34-14-21-19-7-3-1-5-17(19)18-6-2-4-8-20(18)21/h1-8,15,21H,9-14H2,(H,27,30)(H,29,33)(H,31,32). The van der Waals surface area contributed by atoms with Gasteiger partial charge in [-0.2, -0.15) is 0 Å². The Morgan fingerprint density at radius 2 is 1.71 bits per heavy atom. The number of carboxylic acids is 1. The molecule has 1 saturated carbocycles. The molecule has 0 unspecified atom stereocenters. The summed E-state index contributed by atoms with van der Waals surface area (Å²) in [6.07, 6.45) is 0.924. The maximum atomic E-state index is 12.6. The first-order chi connectivity index (χ1) is 16.9. The van der Waals surface area contributed by atoms with Crippen molar-refractivity contribution in [1.82, 2.24) is 15.6 Å². The minimum atomic E-state index is -0.944. The molecule has 1 aromatic heterocycles. The summed E-state index contributed by atoms with van der Waals surface area (Å²) < 4.78 is 5.62. The number of benzene rings is 2. The molecule has 0 aliphatic heterocycles. The molecule has 0 radical (unpaired) electrons. The van der Waals surface area contributed by atoms with E-state index in [1.807, 2.05) is 24.3 Å². The lowest BCUT2D eigenvalue weighted by Gasteiger charge is -2.19. The van der Waals surface area contributed by atoms with Crippen molar-refractivity contribution in [3.63, 3.8) is 0 Å². The maximum absolute atomic E-state index is 12.6. The van der Waals surface area contributed by atoms with Gasteiger partial charge in [0, 0.05) is 17.7 Å². The number of aliphatic carboxylic acids is 1. The van der Waals surface area contributed by atoms with Crippen LogP contribution in [0.4, 0.5) is 4.79 Å². The predicted molar refractivity (Wildman–Crippen MR) is 130 cm³/mol. The van der Waals surface area contributed by atoms with Crippen LogP contribution in [0.5, 0.6) is 0 Å². The van der Waals surface area contributed by atoms with Gasteiger partial charge in [0.2, 0.25) is 5.91 Å². The van der Waals surface area contributed by atoms with Crippen molar-refractivity contribution < 1.29 is 24.2 Å². The van der Waals surface area contributed by atoms with Crippen molar-refractivity contribution in [2.24, 2.45) is 0 Å². The lowest BCUT2D eigenvalue weighted by atomic mass is 9.98. The number of hydrogen-bond acceptors (Lipinski definition) is 6. The summed E-state index contributed by atoms with van der Waals surface area (Å²) in [6.45, 7) is 0.453. The van der Waals surface area contributed by atoms with Gasteiger partial charge in [-0.3, -0.25) is 9.59 Å². The van der Waals surface area contributed by atoms with E-state index in [0.717, 1.165) is 11.1 Å². The number of nitrogens with one attached hydrogen (secondary N) is 2. The number of hydrogen-bond donors (Lipinski definition) is 3. The van der Waals surface area contributed by atoms with Crippen molar-refractivity contribution in [3.8, 4) is 11.1 Å². The minimum absolute atomic E-state index is 0.0177. The molecule has 0 spiro atoms. The monoisotopic (exact) mass is 491 g/mol. The van der Waals surface area contributed by atoms with E-state index in [1.54, 1.807) is 5.38 Å². The number of fused-ring (bicyclic) bond motifs is 3. The van der Waals surface area contributed by atoms with Crippen LogP contribution in [-0.4, -0.2) is 40.2 Å². The normalized spacial score (nSPS) is 15.1. The number of carbonyl (C=O) groups excluding carboxylic acids is 2. The molecule has 3 N–H and O–H groups in total. The fourth-order valence-electron chi connectivity index (χ4n) is 4.56. The highest BCUT2D eigenvalue weighted by molar-refractivity contribution is 7.09. The summed E-state index contributed by atoms with van der Waals surface area (Å²) in [5.74, 6) is -1.16. The zero-order valence-corrected chi connectivity index (χ0v) is 19.8. The predicted octanol–water partition coefficient (Wildman–Crippen LogP) is 3.85. The molecule has 1 heterocycles. The SMILES string of the molecule is O=C(O)Cc1csc(CNC(=O)CC2(NC(=O)OCC3c4ccccc4-c4ccccc43)CC2)n1. The number of carboxylic acid groups (broad SMARTS) is 1. The van der Waals surface area contributed by atoms with Gasteiger partial charge in [0.25, 0.3) is 0 Å². The molecule has 1 fully saturated rings. The lowest BCUT2D eigenvalue weighted by molar-refractivity contribution is -0.136. The Morgan fingerprint density at radius 3 is 2.34 bits per heavy atom. The molecule has 5 rings (SSSR count). The Balaban J connectivity index is 1.12. The van der Waals surface area contributed by atoms with Crippen LogP contribution < -0.4 is 10.6 Å². The fraction of sp³-hybridized carbons (Fsp3) is 0.308. The number of nitrogens with zero attached hydrogens (tertiary/aromatic N) is 1. The van der Waals surface area contributed by atoms with Gasteiger partial charge in [-0.1, -0.05) is 48.5 Å². The van der Waals surface area contributed by atoms with Crippen LogP contribution in [0.25, 0.3) is 11.1 Å². The molecule has 35 heavy (non-hydrogen) atoms. The first kappa shape index (κ1) is 23.0. The molecule has 0 bridgehead atoms. The van der Waals surface area contributed by atoms with E-state index in [1.165, 1.54) is 22.5 Å². The van der Waals surface area contributed by atoms with E-state index in [0.29, 0.717) is 23.5 Å². The fourth-order valence-corrected chi connectivity index (χ4v) is 5.29. The number of amides is 2. The van der Waals surface area contributed by atoms with E-state index in [9.17, 15) is 14.4 Å². The molecule has 3 aromatic rings. The Bertz CT molecular complexity index is 1240. The molecule has 2 aliphatic rings. The Kier molecular flexibility index (Phi) is 6.25. The molecule has 2 aromatic carbocycles. The molecule has 8 nitrogen and oxygen atoms in total. The molecule has 9 heteroatoms. The van der Waals surface area contributed by atoms with Crippen molar-refractivity contribution in [3.05, 3.63) is 75.7 Å². The van der Waals surface area contributed by atoms with Crippen LogP contribution in [0.1, 0.15) is 47.0 Å². The number of aromatic nitrogens is 1.